The van der Waals surface area contributed by atoms with Crippen LogP contribution < -0.4 is 0 Å². The minimum atomic E-state index is -3.78. The quantitative estimate of drug-likeness (QED) is 0.386. The molecule has 7 nitrogen and oxygen atoms in total. The van der Waals surface area contributed by atoms with Crippen molar-refractivity contribution in [1.29, 1.82) is 0 Å². The Kier molecular flexibility index (Phi) is 8.95. The second-order valence-electron chi connectivity index (χ2n) is 5.89. The molecule has 1 aliphatic heterocycles. The van der Waals surface area contributed by atoms with Crippen molar-refractivity contribution >= 4 is 15.4 Å². The smallest absolute Gasteiger partial charge is 0.307 e. The highest BCUT2D eigenvalue weighted by Gasteiger charge is 2.40. The highest BCUT2D eigenvalue weighted by molar-refractivity contribution is 7.55. The van der Waals surface area contributed by atoms with Crippen molar-refractivity contribution in [1.82, 2.24) is 0 Å². The molecular formula is C14H28O7P2. The summed E-state index contributed by atoms with van der Waals surface area (Å²) in [7, 11) is -7.29. The monoisotopic (exact) mass is 370 g/mol. The lowest BCUT2D eigenvalue weighted by Gasteiger charge is -2.33. The fourth-order valence-electron chi connectivity index (χ4n) is 1.56. The Morgan fingerprint density at radius 1 is 1.13 bits per heavy atom. The van der Waals surface area contributed by atoms with Gasteiger partial charge in [-0.3, -0.25) is 18.1 Å². The molecule has 136 valence electrons. The molecular weight excluding hydrogens is 342 g/mol. The fourth-order valence-corrected chi connectivity index (χ4v) is 4.85. The van der Waals surface area contributed by atoms with E-state index in [0.717, 1.165) is 25.7 Å². The van der Waals surface area contributed by atoms with E-state index >= 15 is 0 Å². The minimum absolute atomic E-state index is 0.0297. The molecule has 0 aromatic rings. The normalized spacial score (nSPS) is 20.5. The Balaban J connectivity index is 2.55. The van der Waals surface area contributed by atoms with Gasteiger partial charge in [0.1, 0.15) is 0 Å². The van der Waals surface area contributed by atoms with Gasteiger partial charge in [-0.15, -0.1) is 0 Å². The molecule has 1 fully saturated rings. The van der Waals surface area contributed by atoms with Crippen molar-refractivity contribution in [2.45, 2.75) is 46.5 Å². The van der Waals surface area contributed by atoms with Crippen molar-refractivity contribution in [3.05, 3.63) is 6.92 Å². The molecule has 0 amide bonds. The van der Waals surface area contributed by atoms with Crippen LogP contribution in [-0.4, -0.2) is 32.8 Å². The van der Waals surface area contributed by atoms with Gasteiger partial charge in [-0.25, -0.2) is 4.57 Å². The van der Waals surface area contributed by atoms with Crippen molar-refractivity contribution in [3.63, 3.8) is 0 Å². The average molecular weight is 370 g/mol. The average Bonchev–Trinajstić information content (AvgIpc) is 2.50. The van der Waals surface area contributed by atoms with E-state index in [1.807, 2.05) is 13.8 Å². The van der Waals surface area contributed by atoms with E-state index in [1.54, 1.807) is 6.92 Å². The summed E-state index contributed by atoms with van der Waals surface area (Å²) in [6.45, 7) is 12.1. The number of unbranched alkanes of at least 4 members (excludes halogenated alkanes) is 2. The van der Waals surface area contributed by atoms with E-state index in [2.05, 4.69) is 0 Å². The number of hydrogen-bond donors (Lipinski definition) is 0. The van der Waals surface area contributed by atoms with Crippen molar-refractivity contribution in [2.75, 3.05) is 32.8 Å². The van der Waals surface area contributed by atoms with Crippen LogP contribution in [0.3, 0.4) is 0 Å². The minimum Gasteiger partial charge on any atom is -0.307 e. The predicted molar refractivity (Wildman–Crippen MR) is 87.2 cm³/mol. The molecule has 0 unspecified atom stereocenters. The Morgan fingerprint density at radius 3 is 2.04 bits per heavy atom. The van der Waals surface area contributed by atoms with Gasteiger partial charge in [0.05, 0.1) is 26.4 Å². The highest BCUT2D eigenvalue weighted by Crippen LogP contribution is 2.59. The molecule has 9 heteroatoms. The van der Waals surface area contributed by atoms with Crippen LogP contribution >= 0.6 is 15.4 Å². The zero-order chi connectivity index (χ0) is 17.4. The van der Waals surface area contributed by atoms with Gasteiger partial charge >= 0.3 is 15.4 Å². The van der Waals surface area contributed by atoms with Crippen LogP contribution in [0.5, 0.6) is 0 Å². The summed E-state index contributed by atoms with van der Waals surface area (Å²) in [5, 5.41) is 0. The summed E-state index contributed by atoms with van der Waals surface area (Å²) in [5.74, 6) is 0. The van der Waals surface area contributed by atoms with Crippen molar-refractivity contribution < 1.29 is 31.7 Å². The van der Waals surface area contributed by atoms with Gasteiger partial charge in [0, 0.05) is 5.41 Å². The van der Waals surface area contributed by atoms with E-state index in [-0.39, 0.29) is 26.4 Å². The first-order chi connectivity index (χ1) is 10.7. The second kappa shape index (κ2) is 9.67. The van der Waals surface area contributed by atoms with E-state index in [9.17, 15) is 9.13 Å². The molecule has 0 atom stereocenters. The summed E-state index contributed by atoms with van der Waals surface area (Å²) in [4.78, 5) is 0. The van der Waals surface area contributed by atoms with Gasteiger partial charge < -0.3 is 9.05 Å². The van der Waals surface area contributed by atoms with E-state index in [1.165, 1.54) is 0 Å². The Hall–Kier alpha value is 0.260. The van der Waals surface area contributed by atoms with Gasteiger partial charge in [-0.2, -0.15) is 0 Å². The SMILES string of the molecule is [CH]C1(C)COP(=O)(OCP(=O)(OCCCC)OCCCC)OC1. The molecule has 0 aromatic carbocycles. The molecule has 0 N–H and O–H groups in total. The molecule has 2 radical (unpaired) electrons. The second-order valence-corrected chi connectivity index (χ2v) is 9.56. The summed E-state index contributed by atoms with van der Waals surface area (Å²) < 4.78 is 50.9. The molecule has 0 aromatic heterocycles. The first-order valence-corrected chi connectivity index (χ1v) is 11.1. The summed E-state index contributed by atoms with van der Waals surface area (Å²) in [6.07, 6.45) is 2.82. The largest absolute Gasteiger partial charge is 0.475 e. The molecule has 1 aliphatic rings. The van der Waals surface area contributed by atoms with Gasteiger partial charge in [-0.1, -0.05) is 33.6 Å². The van der Waals surface area contributed by atoms with Crippen LogP contribution in [-0.2, 0) is 31.7 Å². The summed E-state index contributed by atoms with van der Waals surface area (Å²) in [5.41, 5.74) is -0.726. The van der Waals surface area contributed by atoms with Gasteiger partial charge in [0.15, 0.2) is 6.35 Å². The van der Waals surface area contributed by atoms with E-state index < -0.39 is 27.2 Å². The fraction of sp³-hybridized carbons (Fsp3) is 0.929. The maximum Gasteiger partial charge on any atom is 0.475 e. The van der Waals surface area contributed by atoms with Gasteiger partial charge in [0.25, 0.3) is 0 Å². The Morgan fingerprint density at radius 2 is 1.61 bits per heavy atom. The van der Waals surface area contributed by atoms with Crippen LogP contribution in [0.15, 0.2) is 0 Å². The maximum atomic E-state index is 12.6. The van der Waals surface area contributed by atoms with E-state index in [4.69, 9.17) is 29.5 Å². The molecule has 1 saturated heterocycles. The maximum absolute atomic E-state index is 12.6. The van der Waals surface area contributed by atoms with Gasteiger partial charge in [-0.05, 0) is 19.8 Å². The van der Waals surface area contributed by atoms with Crippen molar-refractivity contribution in [2.24, 2.45) is 5.41 Å². The third kappa shape index (κ3) is 8.26. The number of hydrogen-bond acceptors (Lipinski definition) is 7. The Bertz CT molecular complexity index is 411. The van der Waals surface area contributed by atoms with Crippen LogP contribution in [0.4, 0.5) is 0 Å². The van der Waals surface area contributed by atoms with Gasteiger partial charge in [0.2, 0.25) is 0 Å². The molecule has 1 heterocycles. The van der Waals surface area contributed by atoms with Crippen molar-refractivity contribution in [3.8, 4) is 0 Å². The Labute approximate surface area is 139 Å². The first-order valence-electron chi connectivity index (χ1n) is 7.95. The summed E-state index contributed by atoms with van der Waals surface area (Å²) >= 11 is 0. The lowest BCUT2D eigenvalue weighted by Crippen LogP contribution is -2.30. The number of phosphoric ester groups is 1. The molecule has 0 spiro atoms. The van der Waals surface area contributed by atoms with Crippen LogP contribution in [0.1, 0.15) is 46.5 Å². The molecule has 0 aliphatic carbocycles. The molecule has 23 heavy (non-hydrogen) atoms. The highest BCUT2D eigenvalue weighted by atomic mass is 31.2. The molecule has 0 bridgehead atoms. The zero-order valence-corrected chi connectivity index (χ0v) is 16.0. The third-order valence-electron chi connectivity index (χ3n) is 3.05. The first kappa shape index (κ1) is 21.3. The van der Waals surface area contributed by atoms with E-state index in [0.29, 0.717) is 0 Å². The zero-order valence-electron chi connectivity index (χ0n) is 14.2. The number of phosphoric acid groups is 1. The lowest BCUT2D eigenvalue weighted by atomic mass is 9.97. The number of rotatable bonds is 11. The standard InChI is InChI=1S/C14H28O7P2/c1-5-7-9-17-22(15,18-10-8-6-2)13-21-23(16)19-11-14(3,4)12-20-23/h3H,5-13H2,1-2,4H3. The van der Waals surface area contributed by atoms with Crippen LogP contribution in [0, 0.1) is 12.3 Å². The third-order valence-corrected chi connectivity index (χ3v) is 6.19. The van der Waals surface area contributed by atoms with Crippen LogP contribution in [0.2, 0.25) is 0 Å². The lowest BCUT2D eigenvalue weighted by molar-refractivity contribution is 0.0159. The predicted octanol–water partition coefficient (Wildman–Crippen LogP) is 4.66. The summed E-state index contributed by atoms with van der Waals surface area (Å²) in [6, 6.07) is 0. The van der Waals surface area contributed by atoms with Crippen LogP contribution in [0.25, 0.3) is 0 Å². The molecule has 1 rings (SSSR count). The topological polar surface area (TPSA) is 80.3 Å². The molecule has 0 saturated carbocycles.